The highest BCUT2D eigenvalue weighted by molar-refractivity contribution is 5.78. The fraction of sp³-hybridized carbons (Fsp3) is 0.318. The summed E-state index contributed by atoms with van der Waals surface area (Å²) in [4.78, 5) is 16.5. The third-order valence-electron chi connectivity index (χ3n) is 4.61. The van der Waals surface area contributed by atoms with Crippen LogP contribution in [0.15, 0.2) is 61.2 Å². The number of benzene rings is 2. The molecular weight excluding hydrogens is 352 g/mol. The monoisotopic (exact) mass is 378 g/mol. The summed E-state index contributed by atoms with van der Waals surface area (Å²) in [6.45, 7) is 6.84. The number of rotatable bonds is 8. The van der Waals surface area contributed by atoms with Crippen molar-refractivity contribution in [3.05, 3.63) is 77.9 Å². The summed E-state index contributed by atoms with van der Waals surface area (Å²) in [5, 5.41) is 7.17. The SMILES string of the molecule is Cc1cc(OCC(=O)NC(Cn2cncn2)c2ccccc2)ccc1C(C)C. The minimum Gasteiger partial charge on any atom is -0.484 e. The number of ether oxygens (including phenoxy) is 1. The lowest BCUT2D eigenvalue weighted by Crippen LogP contribution is -2.35. The van der Waals surface area contributed by atoms with Crippen LogP contribution in [0.1, 0.15) is 42.5 Å². The lowest BCUT2D eigenvalue weighted by Gasteiger charge is -2.19. The minimum absolute atomic E-state index is 0.0405. The molecule has 1 heterocycles. The molecule has 0 saturated heterocycles. The van der Waals surface area contributed by atoms with Gasteiger partial charge in [0.25, 0.3) is 5.91 Å². The van der Waals surface area contributed by atoms with Crippen LogP contribution in [-0.4, -0.2) is 27.3 Å². The van der Waals surface area contributed by atoms with Gasteiger partial charge in [0.2, 0.25) is 0 Å². The van der Waals surface area contributed by atoms with E-state index in [1.54, 1.807) is 11.0 Å². The highest BCUT2D eigenvalue weighted by atomic mass is 16.5. The number of hydrogen-bond acceptors (Lipinski definition) is 4. The maximum Gasteiger partial charge on any atom is 0.258 e. The van der Waals surface area contributed by atoms with Gasteiger partial charge in [0.15, 0.2) is 6.61 Å². The number of amides is 1. The van der Waals surface area contributed by atoms with Crippen LogP contribution in [-0.2, 0) is 11.3 Å². The van der Waals surface area contributed by atoms with Crippen molar-refractivity contribution in [1.82, 2.24) is 20.1 Å². The first kappa shape index (κ1) is 19.6. The van der Waals surface area contributed by atoms with E-state index < -0.39 is 0 Å². The van der Waals surface area contributed by atoms with Gasteiger partial charge in [-0.2, -0.15) is 5.10 Å². The lowest BCUT2D eigenvalue weighted by atomic mass is 9.98. The number of carbonyl (C=O) groups is 1. The number of nitrogens with one attached hydrogen (secondary N) is 1. The molecule has 0 bridgehead atoms. The summed E-state index contributed by atoms with van der Waals surface area (Å²) in [6.07, 6.45) is 3.12. The van der Waals surface area contributed by atoms with Crippen molar-refractivity contribution in [3.8, 4) is 5.75 Å². The molecule has 1 unspecified atom stereocenters. The molecule has 1 amide bonds. The maximum absolute atomic E-state index is 12.5. The van der Waals surface area contributed by atoms with Crippen molar-refractivity contribution in [1.29, 1.82) is 0 Å². The molecular formula is C22H26N4O2. The highest BCUT2D eigenvalue weighted by Crippen LogP contribution is 2.23. The first-order valence-corrected chi connectivity index (χ1v) is 9.43. The quantitative estimate of drug-likeness (QED) is 0.650. The highest BCUT2D eigenvalue weighted by Gasteiger charge is 2.16. The summed E-state index contributed by atoms with van der Waals surface area (Å²) in [6, 6.07) is 15.6. The molecule has 1 N–H and O–H groups in total. The third-order valence-corrected chi connectivity index (χ3v) is 4.61. The van der Waals surface area contributed by atoms with Crippen molar-refractivity contribution in [2.24, 2.45) is 0 Å². The zero-order chi connectivity index (χ0) is 19.9. The minimum atomic E-state index is -0.218. The second-order valence-corrected chi connectivity index (χ2v) is 7.11. The largest absolute Gasteiger partial charge is 0.484 e. The molecule has 2 aromatic carbocycles. The predicted octanol–water partition coefficient (Wildman–Crippen LogP) is 3.65. The van der Waals surface area contributed by atoms with Crippen molar-refractivity contribution >= 4 is 5.91 Å². The molecule has 3 rings (SSSR count). The average Bonchev–Trinajstić information content (AvgIpc) is 3.19. The summed E-state index contributed by atoms with van der Waals surface area (Å²) in [5.74, 6) is 0.977. The van der Waals surface area contributed by atoms with Crippen molar-refractivity contribution in [3.63, 3.8) is 0 Å². The van der Waals surface area contributed by atoms with Crippen LogP contribution in [0.25, 0.3) is 0 Å². The van der Waals surface area contributed by atoms with Crippen LogP contribution in [0.3, 0.4) is 0 Å². The van der Waals surface area contributed by atoms with Crippen molar-refractivity contribution in [2.45, 2.75) is 39.3 Å². The first-order valence-electron chi connectivity index (χ1n) is 9.43. The summed E-state index contributed by atoms with van der Waals surface area (Å²) in [7, 11) is 0. The van der Waals surface area contributed by atoms with Gasteiger partial charge < -0.3 is 10.1 Å². The van der Waals surface area contributed by atoms with E-state index in [1.165, 1.54) is 17.5 Å². The van der Waals surface area contributed by atoms with Crippen molar-refractivity contribution in [2.75, 3.05) is 6.61 Å². The number of carbonyl (C=O) groups excluding carboxylic acids is 1. The van der Waals surface area contributed by atoms with Crippen LogP contribution in [0, 0.1) is 6.92 Å². The molecule has 3 aromatic rings. The standard InChI is InChI=1S/C22H26N4O2/c1-16(2)20-10-9-19(11-17(20)3)28-13-22(27)25-21(12-26-15-23-14-24-26)18-7-5-4-6-8-18/h4-11,14-16,21H,12-13H2,1-3H3,(H,25,27). The molecule has 6 heteroatoms. The van der Waals surface area contributed by atoms with E-state index in [9.17, 15) is 4.79 Å². The smallest absolute Gasteiger partial charge is 0.258 e. The summed E-state index contributed by atoms with van der Waals surface area (Å²) in [5.41, 5.74) is 3.46. The van der Waals surface area contributed by atoms with Gasteiger partial charge in [-0.1, -0.05) is 50.2 Å². The Hall–Kier alpha value is -3.15. The molecule has 28 heavy (non-hydrogen) atoms. The molecule has 0 spiro atoms. The van der Waals surface area contributed by atoms with Gasteiger partial charge in [-0.15, -0.1) is 0 Å². The molecule has 0 aliphatic carbocycles. The topological polar surface area (TPSA) is 69.0 Å². The Morgan fingerprint density at radius 1 is 1.18 bits per heavy atom. The Morgan fingerprint density at radius 2 is 1.96 bits per heavy atom. The van der Waals surface area contributed by atoms with Crippen molar-refractivity contribution < 1.29 is 9.53 Å². The fourth-order valence-electron chi connectivity index (χ4n) is 3.20. The van der Waals surface area contributed by atoms with Gasteiger partial charge >= 0.3 is 0 Å². The summed E-state index contributed by atoms with van der Waals surface area (Å²) < 4.78 is 7.41. The lowest BCUT2D eigenvalue weighted by molar-refractivity contribution is -0.124. The van der Waals surface area contributed by atoms with E-state index in [4.69, 9.17) is 4.74 Å². The van der Waals surface area contributed by atoms with Crippen LogP contribution in [0.2, 0.25) is 0 Å². The zero-order valence-electron chi connectivity index (χ0n) is 16.5. The van der Waals surface area contributed by atoms with Gasteiger partial charge in [-0.25, -0.2) is 4.98 Å². The number of hydrogen-bond donors (Lipinski definition) is 1. The number of aryl methyl sites for hydroxylation is 1. The van der Waals surface area contributed by atoms with Crippen LogP contribution >= 0.6 is 0 Å². The number of aromatic nitrogens is 3. The van der Waals surface area contributed by atoms with Gasteiger partial charge in [0.1, 0.15) is 18.4 Å². The van der Waals surface area contributed by atoms with Gasteiger partial charge in [-0.3, -0.25) is 9.48 Å². The molecule has 6 nitrogen and oxygen atoms in total. The Bertz CT molecular complexity index is 892. The van der Waals surface area contributed by atoms with E-state index in [1.807, 2.05) is 42.5 Å². The Kier molecular flexibility index (Phi) is 6.42. The summed E-state index contributed by atoms with van der Waals surface area (Å²) >= 11 is 0. The molecule has 0 fully saturated rings. The molecule has 1 atom stereocenters. The first-order chi connectivity index (χ1) is 13.5. The van der Waals surface area contributed by atoms with E-state index in [2.05, 4.69) is 42.2 Å². The molecule has 0 saturated carbocycles. The fourth-order valence-corrected chi connectivity index (χ4v) is 3.20. The van der Waals surface area contributed by atoms with Crippen LogP contribution in [0.4, 0.5) is 0 Å². The average molecular weight is 378 g/mol. The molecule has 1 aromatic heterocycles. The van der Waals surface area contributed by atoms with E-state index in [0.29, 0.717) is 18.2 Å². The van der Waals surface area contributed by atoms with E-state index in [0.717, 1.165) is 5.56 Å². The molecule has 0 aliphatic heterocycles. The third kappa shape index (κ3) is 5.19. The van der Waals surface area contributed by atoms with Crippen LogP contribution < -0.4 is 10.1 Å². The molecule has 146 valence electrons. The van der Waals surface area contributed by atoms with Gasteiger partial charge in [-0.05, 0) is 41.7 Å². The Morgan fingerprint density at radius 3 is 2.61 bits per heavy atom. The zero-order valence-corrected chi connectivity index (χ0v) is 16.5. The van der Waals surface area contributed by atoms with E-state index >= 15 is 0 Å². The van der Waals surface area contributed by atoms with E-state index in [-0.39, 0.29) is 18.6 Å². The number of nitrogens with zero attached hydrogens (tertiary/aromatic N) is 3. The maximum atomic E-state index is 12.5. The molecule has 0 aliphatic rings. The van der Waals surface area contributed by atoms with Gasteiger partial charge in [0.05, 0.1) is 12.6 Å². The second kappa shape index (κ2) is 9.17. The molecule has 0 radical (unpaired) electrons. The van der Waals surface area contributed by atoms with Crippen LogP contribution in [0.5, 0.6) is 5.75 Å². The Balaban J connectivity index is 1.63. The van der Waals surface area contributed by atoms with Gasteiger partial charge in [0, 0.05) is 0 Å². The second-order valence-electron chi connectivity index (χ2n) is 7.11. The predicted molar refractivity (Wildman–Crippen MR) is 108 cm³/mol. The normalized spacial score (nSPS) is 12.0. The Labute approximate surface area is 165 Å².